The molecule has 33 heavy (non-hydrogen) atoms. The molecule has 4 rings (SSSR count). The highest BCUT2D eigenvalue weighted by atomic mass is 16.5. The van der Waals surface area contributed by atoms with Gasteiger partial charge in [-0.15, -0.1) is 0 Å². The van der Waals surface area contributed by atoms with Crippen molar-refractivity contribution in [1.82, 2.24) is 14.7 Å². The van der Waals surface area contributed by atoms with Crippen molar-refractivity contribution in [3.63, 3.8) is 0 Å². The number of nitrogens with zero attached hydrogens (tertiary/aromatic N) is 3. The van der Waals surface area contributed by atoms with E-state index in [-0.39, 0.29) is 11.8 Å². The van der Waals surface area contributed by atoms with Crippen molar-refractivity contribution in [3.8, 4) is 11.5 Å². The third-order valence-electron chi connectivity index (χ3n) is 6.08. The maximum absolute atomic E-state index is 13.1. The lowest BCUT2D eigenvalue weighted by Gasteiger charge is -2.37. The number of piperazine rings is 1. The number of rotatable bonds is 5. The highest BCUT2D eigenvalue weighted by Gasteiger charge is 2.42. The van der Waals surface area contributed by atoms with E-state index in [2.05, 4.69) is 0 Å². The van der Waals surface area contributed by atoms with Crippen molar-refractivity contribution in [2.45, 2.75) is 13.0 Å². The molecule has 2 heterocycles. The number of ether oxygens (including phenoxy) is 2. The van der Waals surface area contributed by atoms with Crippen LogP contribution in [0.25, 0.3) is 0 Å². The summed E-state index contributed by atoms with van der Waals surface area (Å²) in [5, 5.41) is 0. The van der Waals surface area contributed by atoms with Gasteiger partial charge in [-0.3, -0.25) is 24.1 Å². The highest BCUT2D eigenvalue weighted by Crippen LogP contribution is 2.28. The molecule has 1 fully saturated rings. The molecule has 0 N–H and O–H groups in total. The van der Waals surface area contributed by atoms with Gasteiger partial charge in [0.05, 0.1) is 25.3 Å². The topological polar surface area (TPSA) is 96.5 Å². The van der Waals surface area contributed by atoms with Gasteiger partial charge in [-0.1, -0.05) is 12.1 Å². The van der Waals surface area contributed by atoms with E-state index in [0.717, 1.165) is 4.90 Å². The second kappa shape index (κ2) is 8.93. The summed E-state index contributed by atoms with van der Waals surface area (Å²) in [6.07, 6.45) is 0. The Morgan fingerprint density at radius 2 is 1.36 bits per heavy atom. The quantitative estimate of drug-likeness (QED) is 0.642. The van der Waals surface area contributed by atoms with E-state index < -0.39 is 17.9 Å². The zero-order valence-corrected chi connectivity index (χ0v) is 18.7. The van der Waals surface area contributed by atoms with Crippen LogP contribution in [0.3, 0.4) is 0 Å². The SMILES string of the molecule is COc1ccc(C(=O)N2CCN(C(=O)C(C)N3C(=O)c4ccccc4C3=O)CC2)cc1OC. The molecule has 172 valence electrons. The zero-order chi connectivity index (χ0) is 23.7. The van der Waals surface area contributed by atoms with Gasteiger partial charge in [-0.05, 0) is 37.3 Å². The van der Waals surface area contributed by atoms with Crippen molar-refractivity contribution in [3.05, 3.63) is 59.2 Å². The summed E-state index contributed by atoms with van der Waals surface area (Å²) in [5.74, 6) is -0.407. The van der Waals surface area contributed by atoms with Crippen molar-refractivity contribution >= 4 is 23.6 Å². The fourth-order valence-electron chi connectivity index (χ4n) is 4.22. The largest absolute Gasteiger partial charge is 0.493 e. The molecule has 4 amide bonds. The fraction of sp³-hybridized carbons (Fsp3) is 0.333. The molecule has 2 aromatic rings. The van der Waals surface area contributed by atoms with Crippen LogP contribution in [0.2, 0.25) is 0 Å². The summed E-state index contributed by atoms with van der Waals surface area (Å²) in [6.45, 7) is 2.86. The molecule has 2 aliphatic rings. The molecule has 0 aliphatic carbocycles. The molecule has 9 heteroatoms. The highest BCUT2D eigenvalue weighted by molar-refractivity contribution is 6.22. The number of fused-ring (bicyclic) bond motifs is 1. The molecule has 1 saturated heterocycles. The first-order valence-electron chi connectivity index (χ1n) is 10.6. The van der Waals surface area contributed by atoms with Gasteiger partial charge in [-0.2, -0.15) is 0 Å². The van der Waals surface area contributed by atoms with E-state index >= 15 is 0 Å². The van der Waals surface area contributed by atoms with Crippen LogP contribution in [-0.2, 0) is 4.79 Å². The average molecular weight is 451 g/mol. The molecule has 2 aromatic carbocycles. The molecule has 0 radical (unpaired) electrons. The normalized spacial score (nSPS) is 16.5. The molecule has 2 aliphatic heterocycles. The number of amides is 4. The molecule has 0 spiro atoms. The van der Waals surface area contributed by atoms with Crippen LogP contribution in [0.1, 0.15) is 38.0 Å². The Bertz CT molecular complexity index is 1090. The number of hydrogen-bond acceptors (Lipinski definition) is 6. The van der Waals surface area contributed by atoms with Crippen molar-refractivity contribution < 1.29 is 28.7 Å². The van der Waals surface area contributed by atoms with Gasteiger partial charge in [0.2, 0.25) is 5.91 Å². The number of carbonyl (C=O) groups is 4. The lowest BCUT2D eigenvalue weighted by atomic mass is 10.1. The minimum absolute atomic E-state index is 0.170. The van der Waals surface area contributed by atoms with Crippen LogP contribution in [0.15, 0.2) is 42.5 Å². The van der Waals surface area contributed by atoms with Gasteiger partial charge in [0, 0.05) is 31.7 Å². The second-order valence-electron chi connectivity index (χ2n) is 7.89. The minimum Gasteiger partial charge on any atom is -0.493 e. The second-order valence-corrected chi connectivity index (χ2v) is 7.89. The third kappa shape index (κ3) is 3.90. The van der Waals surface area contributed by atoms with Crippen LogP contribution in [0, 0.1) is 0 Å². The van der Waals surface area contributed by atoms with Gasteiger partial charge < -0.3 is 19.3 Å². The van der Waals surface area contributed by atoms with Gasteiger partial charge in [-0.25, -0.2) is 0 Å². The lowest BCUT2D eigenvalue weighted by Crippen LogP contribution is -2.56. The monoisotopic (exact) mass is 451 g/mol. The molecular formula is C24H25N3O6. The third-order valence-corrected chi connectivity index (χ3v) is 6.08. The minimum atomic E-state index is -0.925. The van der Waals surface area contributed by atoms with E-state index in [0.29, 0.717) is 54.4 Å². The maximum atomic E-state index is 13.1. The van der Waals surface area contributed by atoms with Crippen LogP contribution in [0.4, 0.5) is 0 Å². The van der Waals surface area contributed by atoms with E-state index in [9.17, 15) is 19.2 Å². The van der Waals surface area contributed by atoms with Crippen LogP contribution < -0.4 is 9.47 Å². The number of carbonyl (C=O) groups excluding carboxylic acids is 4. The number of hydrogen-bond donors (Lipinski definition) is 0. The fourth-order valence-corrected chi connectivity index (χ4v) is 4.22. The van der Waals surface area contributed by atoms with Crippen LogP contribution in [-0.4, -0.2) is 84.8 Å². The Morgan fingerprint density at radius 3 is 1.91 bits per heavy atom. The Hall–Kier alpha value is -3.88. The van der Waals surface area contributed by atoms with Crippen molar-refractivity contribution in [2.75, 3.05) is 40.4 Å². The molecule has 0 bridgehead atoms. The first-order chi connectivity index (χ1) is 15.9. The van der Waals surface area contributed by atoms with E-state index in [1.807, 2.05) is 0 Å². The molecule has 9 nitrogen and oxygen atoms in total. The van der Waals surface area contributed by atoms with Gasteiger partial charge >= 0.3 is 0 Å². The van der Waals surface area contributed by atoms with Crippen molar-refractivity contribution in [2.24, 2.45) is 0 Å². The van der Waals surface area contributed by atoms with E-state index in [4.69, 9.17) is 9.47 Å². The van der Waals surface area contributed by atoms with Crippen LogP contribution in [0.5, 0.6) is 11.5 Å². The standard InChI is InChI=1S/C24H25N3O6/c1-15(27-23(30)17-6-4-5-7-18(17)24(27)31)21(28)25-10-12-26(13-11-25)22(29)16-8-9-19(32-2)20(14-16)33-3/h4-9,14-15H,10-13H2,1-3H3. The maximum Gasteiger partial charge on any atom is 0.262 e. The summed E-state index contributed by atoms with van der Waals surface area (Å²) in [5.41, 5.74) is 1.09. The molecule has 0 saturated carbocycles. The smallest absolute Gasteiger partial charge is 0.262 e. The molecular weight excluding hydrogens is 426 g/mol. The number of benzene rings is 2. The molecule has 1 atom stereocenters. The Labute approximate surface area is 191 Å². The predicted molar refractivity (Wildman–Crippen MR) is 118 cm³/mol. The van der Waals surface area contributed by atoms with Crippen LogP contribution >= 0.6 is 0 Å². The predicted octanol–water partition coefficient (Wildman–Crippen LogP) is 1.67. The van der Waals surface area contributed by atoms with Gasteiger partial charge in [0.1, 0.15) is 6.04 Å². The Balaban J connectivity index is 1.40. The summed E-state index contributed by atoms with van der Waals surface area (Å²) >= 11 is 0. The lowest BCUT2D eigenvalue weighted by molar-refractivity contribution is -0.136. The number of imide groups is 1. The molecule has 0 aromatic heterocycles. The average Bonchev–Trinajstić information content (AvgIpc) is 3.12. The molecule has 1 unspecified atom stereocenters. The summed E-state index contributed by atoms with van der Waals surface area (Å²) in [4.78, 5) is 55.7. The zero-order valence-electron chi connectivity index (χ0n) is 18.7. The Morgan fingerprint density at radius 1 is 0.818 bits per heavy atom. The summed E-state index contributed by atoms with van der Waals surface area (Å²) < 4.78 is 10.5. The first-order valence-corrected chi connectivity index (χ1v) is 10.6. The van der Waals surface area contributed by atoms with E-state index in [1.165, 1.54) is 14.2 Å². The van der Waals surface area contributed by atoms with Gasteiger partial charge in [0.15, 0.2) is 11.5 Å². The van der Waals surface area contributed by atoms with Gasteiger partial charge in [0.25, 0.3) is 17.7 Å². The first kappa shape index (κ1) is 22.3. The summed E-state index contributed by atoms with van der Waals surface area (Å²) in [7, 11) is 3.03. The number of methoxy groups -OCH3 is 2. The van der Waals surface area contributed by atoms with E-state index in [1.54, 1.807) is 59.2 Å². The van der Waals surface area contributed by atoms with Crippen molar-refractivity contribution in [1.29, 1.82) is 0 Å². The Kier molecular flexibility index (Phi) is 6.04. The summed E-state index contributed by atoms with van der Waals surface area (Å²) in [6, 6.07) is 10.6.